The minimum atomic E-state index is -0.582. The maximum absolute atomic E-state index is 11.1. The van der Waals surface area contributed by atoms with Gasteiger partial charge < -0.3 is 16.8 Å². The summed E-state index contributed by atoms with van der Waals surface area (Å²) >= 11 is 0. The molecule has 6 nitrogen and oxygen atoms in total. The van der Waals surface area contributed by atoms with Crippen LogP contribution in [0.1, 0.15) is 31.1 Å². The summed E-state index contributed by atoms with van der Waals surface area (Å²) in [7, 11) is 0. The van der Waals surface area contributed by atoms with Crippen molar-refractivity contribution in [2.24, 2.45) is 5.73 Å². The Labute approximate surface area is 88.1 Å². The van der Waals surface area contributed by atoms with Gasteiger partial charge in [0.2, 0.25) is 5.95 Å². The molecular formula is C9H15N5O. The van der Waals surface area contributed by atoms with Crippen molar-refractivity contribution in [1.82, 2.24) is 9.97 Å². The first-order valence-electron chi connectivity index (χ1n) is 4.50. The van der Waals surface area contributed by atoms with Gasteiger partial charge in [-0.1, -0.05) is 0 Å². The van der Waals surface area contributed by atoms with Crippen LogP contribution < -0.4 is 16.8 Å². The second-order valence-corrected chi connectivity index (χ2v) is 4.23. The second-order valence-electron chi connectivity index (χ2n) is 4.23. The molecule has 0 spiro atoms. The minimum absolute atomic E-state index is 0.103. The largest absolute Gasteiger partial charge is 0.368 e. The normalized spacial score (nSPS) is 11.1. The predicted molar refractivity (Wildman–Crippen MR) is 58.3 cm³/mol. The fourth-order valence-corrected chi connectivity index (χ4v) is 1.03. The molecule has 5 N–H and O–H groups in total. The van der Waals surface area contributed by atoms with Crippen molar-refractivity contribution in [1.29, 1.82) is 0 Å². The van der Waals surface area contributed by atoms with Gasteiger partial charge in [-0.05, 0) is 20.8 Å². The molecule has 1 heterocycles. The minimum Gasteiger partial charge on any atom is -0.368 e. The molecule has 0 aromatic carbocycles. The predicted octanol–water partition coefficient (Wildman–Crippen LogP) is 0.368. The van der Waals surface area contributed by atoms with Gasteiger partial charge >= 0.3 is 0 Å². The van der Waals surface area contributed by atoms with E-state index >= 15 is 0 Å². The van der Waals surface area contributed by atoms with E-state index in [2.05, 4.69) is 15.3 Å². The summed E-state index contributed by atoms with van der Waals surface area (Å²) in [6.07, 6.45) is 1.32. The quantitative estimate of drug-likeness (QED) is 0.652. The molecule has 1 aromatic heterocycles. The van der Waals surface area contributed by atoms with E-state index in [4.69, 9.17) is 11.5 Å². The number of nitrogens with two attached hydrogens (primary N) is 2. The molecule has 1 rings (SSSR count). The molecular weight excluding hydrogens is 194 g/mol. The fraction of sp³-hybridized carbons (Fsp3) is 0.444. The Morgan fingerprint density at radius 1 is 1.47 bits per heavy atom. The van der Waals surface area contributed by atoms with Crippen LogP contribution in [-0.4, -0.2) is 21.4 Å². The highest BCUT2D eigenvalue weighted by Gasteiger charge is 2.16. The summed E-state index contributed by atoms with van der Waals surface area (Å²) in [5, 5.41) is 3.04. The third kappa shape index (κ3) is 3.08. The number of anilines is 2. The van der Waals surface area contributed by atoms with Crippen LogP contribution in [0.5, 0.6) is 0 Å². The van der Waals surface area contributed by atoms with Gasteiger partial charge in [0.1, 0.15) is 5.82 Å². The number of nitrogen functional groups attached to an aromatic ring is 1. The molecule has 6 heteroatoms. The summed E-state index contributed by atoms with van der Waals surface area (Å²) in [5.41, 5.74) is 10.6. The topological polar surface area (TPSA) is 107 Å². The zero-order valence-corrected chi connectivity index (χ0v) is 9.03. The van der Waals surface area contributed by atoms with Crippen molar-refractivity contribution in [3.63, 3.8) is 0 Å². The first-order chi connectivity index (χ1) is 6.79. The number of carbonyl (C=O) groups excluding carboxylic acids is 1. The van der Waals surface area contributed by atoms with E-state index in [1.807, 2.05) is 20.8 Å². The van der Waals surface area contributed by atoms with Crippen LogP contribution >= 0.6 is 0 Å². The Kier molecular flexibility index (Phi) is 2.78. The standard InChI is InChI=1S/C9H15N5O/c1-9(2,3)14-7-5(6(10)15)4-12-8(11)13-7/h4H,1-3H3,(H2,10,15)(H3,11,12,13,14). The average molecular weight is 209 g/mol. The molecule has 0 saturated carbocycles. The number of nitrogens with zero attached hydrogens (tertiary/aromatic N) is 2. The maximum Gasteiger partial charge on any atom is 0.254 e. The van der Waals surface area contributed by atoms with Gasteiger partial charge in [0.25, 0.3) is 5.91 Å². The Balaban J connectivity index is 3.13. The Bertz CT molecular complexity index is 383. The molecule has 0 saturated heterocycles. The number of hydrogen-bond acceptors (Lipinski definition) is 5. The van der Waals surface area contributed by atoms with E-state index in [0.717, 1.165) is 0 Å². The number of carbonyl (C=O) groups is 1. The molecule has 0 fully saturated rings. The van der Waals surface area contributed by atoms with Crippen LogP contribution in [0, 0.1) is 0 Å². The molecule has 0 bridgehead atoms. The first kappa shape index (κ1) is 11.2. The Morgan fingerprint density at radius 2 is 2.07 bits per heavy atom. The molecule has 0 aliphatic rings. The van der Waals surface area contributed by atoms with E-state index < -0.39 is 5.91 Å². The van der Waals surface area contributed by atoms with Crippen molar-refractivity contribution >= 4 is 17.7 Å². The van der Waals surface area contributed by atoms with Crippen LogP contribution in [0.4, 0.5) is 11.8 Å². The van der Waals surface area contributed by atoms with E-state index in [-0.39, 0.29) is 17.1 Å². The Hall–Kier alpha value is -1.85. The lowest BCUT2D eigenvalue weighted by atomic mass is 10.1. The van der Waals surface area contributed by atoms with E-state index in [1.165, 1.54) is 6.20 Å². The van der Waals surface area contributed by atoms with Crippen LogP contribution in [0.2, 0.25) is 0 Å². The molecule has 0 atom stereocenters. The number of primary amides is 1. The van der Waals surface area contributed by atoms with Gasteiger partial charge in [0.05, 0.1) is 5.56 Å². The summed E-state index contributed by atoms with van der Waals surface area (Å²) in [5.74, 6) is -0.115. The smallest absolute Gasteiger partial charge is 0.254 e. The monoisotopic (exact) mass is 209 g/mol. The molecule has 0 radical (unpaired) electrons. The molecule has 82 valence electrons. The third-order valence-corrected chi connectivity index (χ3v) is 1.57. The molecule has 0 unspecified atom stereocenters. The highest BCUT2D eigenvalue weighted by Crippen LogP contribution is 2.17. The fourth-order valence-electron chi connectivity index (χ4n) is 1.03. The number of rotatable bonds is 2. The van der Waals surface area contributed by atoms with Crippen molar-refractivity contribution in [2.45, 2.75) is 26.3 Å². The number of amides is 1. The van der Waals surface area contributed by atoms with E-state index in [9.17, 15) is 4.79 Å². The van der Waals surface area contributed by atoms with Crippen LogP contribution in [0.3, 0.4) is 0 Å². The van der Waals surface area contributed by atoms with Crippen LogP contribution in [0.25, 0.3) is 0 Å². The van der Waals surface area contributed by atoms with Gasteiger partial charge in [0.15, 0.2) is 0 Å². The molecule has 0 aliphatic heterocycles. The van der Waals surface area contributed by atoms with Crippen molar-refractivity contribution in [3.8, 4) is 0 Å². The van der Waals surface area contributed by atoms with Crippen molar-refractivity contribution < 1.29 is 4.79 Å². The number of nitrogens with one attached hydrogen (secondary N) is 1. The van der Waals surface area contributed by atoms with Gasteiger partial charge in [-0.15, -0.1) is 0 Å². The lowest BCUT2D eigenvalue weighted by molar-refractivity contribution is 0.100. The highest BCUT2D eigenvalue weighted by molar-refractivity contribution is 5.97. The molecule has 15 heavy (non-hydrogen) atoms. The number of hydrogen-bond donors (Lipinski definition) is 3. The van der Waals surface area contributed by atoms with Gasteiger partial charge in [-0.3, -0.25) is 4.79 Å². The summed E-state index contributed by atoms with van der Waals surface area (Å²) in [6, 6.07) is 0. The summed E-state index contributed by atoms with van der Waals surface area (Å²) < 4.78 is 0. The average Bonchev–Trinajstić information content (AvgIpc) is 1.99. The highest BCUT2D eigenvalue weighted by atomic mass is 16.1. The number of aromatic nitrogens is 2. The van der Waals surface area contributed by atoms with Gasteiger partial charge in [-0.25, -0.2) is 4.98 Å². The second kappa shape index (κ2) is 3.72. The first-order valence-corrected chi connectivity index (χ1v) is 4.50. The van der Waals surface area contributed by atoms with Gasteiger partial charge in [-0.2, -0.15) is 4.98 Å². The third-order valence-electron chi connectivity index (χ3n) is 1.57. The van der Waals surface area contributed by atoms with Crippen molar-refractivity contribution in [2.75, 3.05) is 11.1 Å². The molecule has 0 aliphatic carbocycles. The maximum atomic E-state index is 11.1. The Morgan fingerprint density at radius 3 is 2.53 bits per heavy atom. The molecule has 1 aromatic rings. The zero-order valence-electron chi connectivity index (χ0n) is 9.03. The summed E-state index contributed by atoms with van der Waals surface area (Å²) in [6.45, 7) is 5.82. The van der Waals surface area contributed by atoms with Gasteiger partial charge in [0, 0.05) is 11.7 Å². The SMILES string of the molecule is CC(C)(C)Nc1nc(N)ncc1C(N)=O. The van der Waals surface area contributed by atoms with E-state index in [1.54, 1.807) is 0 Å². The van der Waals surface area contributed by atoms with Crippen LogP contribution in [0.15, 0.2) is 6.20 Å². The summed E-state index contributed by atoms with van der Waals surface area (Å²) in [4.78, 5) is 18.7. The zero-order chi connectivity index (χ0) is 11.6. The lowest BCUT2D eigenvalue weighted by Gasteiger charge is -2.22. The van der Waals surface area contributed by atoms with E-state index in [0.29, 0.717) is 5.82 Å². The van der Waals surface area contributed by atoms with Crippen molar-refractivity contribution in [3.05, 3.63) is 11.8 Å². The van der Waals surface area contributed by atoms with Crippen LogP contribution in [-0.2, 0) is 0 Å². The lowest BCUT2D eigenvalue weighted by Crippen LogP contribution is -2.29. The molecule has 1 amide bonds.